The molecule has 0 fully saturated rings. The summed E-state index contributed by atoms with van der Waals surface area (Å²) < 4.78 is 0. The van der Waals surface area contributed by atoms with Crippen LogP contribution in [0.2, 0.25) is 5.02 Å². The van der Waals surface area contributed by atoms with Gasteiger partial charge in [0.15, 0.2) is 5.13 Å². The molecule has 3 rings (SSSR count). The van der Waals surface area contributed by atoms with Crippen LogP contribution in [0.3, 0.4) is 0 Å². The largest absolute Gasteiger partial charge is 0.347 e. The molecule has 2 heterocycles. The first-order valence-corrected chi connectivity index (χ1v) is 9.18. The van der Waals surface area contributed by atoms with Gasteiger partial charge in [0, 0.05) is 6.07 Å². The zero-order valence-corrected chi connectivity index (χ0v) is 16.3. The molecule has 0 atom stereocenters. The van der Waals surface area contributed by atoms with Crippen LogP contribution in [0.15, 0.2) is 43.2 Å². The second-order valence-corrected chi connectivity index (χ2v) is 7.01. The topological polar surface area (TPSA) is 91.8 Å². The number of rotatable bonds is 6. The summed E-state index contributed by atoms with van der Waals surface area (Å²) in [4.78, 5) is 25.7. The molecule has 1 amide bonds. The van der Waals surface area contributed by atoms with Crippen molar-refractivity contribution in [1.29, 1.82) is 0 Å². The average Bonchev–Trinajstić information content (AvgIpc) is 3.06. The highest BCUT2D eigenvalue weighted by Crippen LogP contribution is 2.28. The van der Waals surface area contributed by atoms with Crippen LogP contribution in [0.1, 0.15) is 21.1 Å². The molecule has 0 radical (unpaired) electrons. The highest BCUT2D eigenvalue weighted by molar-refractivity contribution is 7.17. The predicted molar refractivity (Wildman–Crippen MR) is 110 cm³/mol. The molecule has 7 nitrogen and oxygen atoms in total. The molecule has 0 saturated heterocycles. The predicted octanol–water partition coefficient (Wildman–Crippen LogP) is 4.75. The summed E-state index contributed by atoms with van der Waals surface area (Å²) in [7, 11) is 0. The maximum atomic E-state index is 12.5. The van der Waals surface area contributed by atoms with Gasteiger partial charge in [0.2, 0.25) is 0 Å². The van der Waals surface area contributed by atoms with Crippen molar-refractivity contribution in [2.75, 3.05) is 16.0 Å². The van der Waals surface area contributed by atoms with Crippen molar-refractivity contribution >= 4 is 51.3 Å². The number of aryl methyl sites for hydroxylation is 2. The maximum Gasteiger partial charge on any atom is 0.267 e. The average molecular weight is 401 g/mol. The number of amides is 1. The van der Waals surface area contributed by atoms with Gasteiger partial charge in [-0.2, -0.15) is 0 Å². The number of para-hydroxylation sites is 1. The quantitative estimate of drug-likeness (QED) is 0.552. The fourth-order valence-electron chi connectivity index (χ4n) is 2.32. The Morgan fingerprint density at radius 1 is 1.26 bits per heavy atom. The van der Waals surface area contributed by atoms with Crippen molar-refractivity contribution in [1.82, 2.24) is 15.0 Å². The Morgan fingerprint density at radius 3 is 2.78 bits per heavy atom. The molecule has 0 unspecified atom stereocenters. The lowest BCUT2D eigenvalue weighted by molar-refractivity contribution is 0.103. The molecule has 3 N–H and O–H groups in total. The summed E-state index contributed by atoms with van der Waals surface area (Å²) >= 11 is 7.38. The van der Waals surface area contributed by atoms with Crippen LogP contribution < -0.4 is 16.0 Å². The number of aromatic nitrogens is 3. The molecular formula is C18H17ClN6OS. The molecule has 3 aromatic rings. The highest BCUT2D eigenvalue weighted by Gasteiger charge is 2.14. The Kier molecular flexibility index (Phi) is 5.68. The van der Waals surface area contributed by atoms with Gasteiger partial charge in [-0.3, -0.25) is 4.79 Å². The smallest absolute Gasteiger partial charge is 0.267 e. The minimum Gasteiger partial charge on any atom is -0.347 e. The summed E-state index contributed by atoms with van der Waals surface area (Å²) in [5.41, 5.74) is 1.48. The van der Waals surface area contributed by atoms with Crippen LogP contribution in [0, 0.1) is 13.8 Å². The molecule has 0 saturated carbocycles. The number of hydrogen-bond donors (Lipinski definition) is 3. The summed E-state index contributed by atoms with van der Waals surface area (Å²) in [6.07, 6.45) is 3.04. The molecule has 0 aliphatic rings. The number of carbonyl (C=O) groups excluding carboxylic acids is 1. The van der Waals surface area contributed by atoms with Gasteiger partial charge >= 0.3 is 0 Å². The fourth-order valence-corrected chi connectivity index (χ4v) is 3.31. The minimum atomic E-state index is -0.273. The van der Waals surface area contributed by atoms with Gasteiger partial charge in [-0.25, -0.2) is 15.0 Å². The van der Waals surface area contributed by atoms with Gasteiger partial charge in [0.05, 0.1) is 16.9 Å². The Bertz CT molecular complexity index is 983. The molecular weight excluding hydrogens is 384 g/mol. The zero-order valence-electron chi connectivity index (χ0n) is 14.7. The van der Waals surface area contributed by atoms with Gasteiger partial charge in [0.1, 0.15) is 22.3 Å². The van der Waals surface area contributed by atoms with E-state index >= 15 is 0 Å². The van der Waals surface area contributed by atoms with E-state index in [2.05, 4.69) is 37.5 Å². The molecule has 0 bridgehead atoms. The Hall–Kier alpha value is -2.97. The van der Waals surface area contributed by atoms with E-state index < -0.39 is 0 Å². The number of carbonyl (C=O) groups is 1. The molecule has 27 heavy (non-hydrogen) atoms. The number of anilines is 4. The normalized spacial score (nSPS) is 10.3. The van der Waals surface area contributed by atoms with E-state index in [-0.39, 0.29) is 5.91 Å². The zero-order chi connectivity index (χ0) is 19.4. The van der Waals surface area contributed by atoms with Crippen LogP contribution in [0.4, 0.5) is 22.5 Å². The lowest BCUT2D eigenvalue weighted by Crippen LogP contribution is -2.11. The number of nitrogens with one attached hydrogen (secondary N) is 3. The van der Waals surface area contributed by atoms with Gasteiger partial charge in [-0.15, -0.1) is 0 Å². The van der Waals surface area contributed by atoms with E-state index in [1.165, 1.54) is 23.7 Å². The molecule has 1 aromatic carbocycles. The van der Waals surface area contributed by atoms with E-state index in [1.807, 2.05) is 19.1 Å². The maximum absolute atomic E-state index is 12.5. The van der Waals surface area contributed by atoms with Gasteiger partial charge in [-0.05, 0) is 31.7 Å². The number of thiazole rings is 1. The van der Waals surface area contributed by atoms with Gasteiger partial charge < -0.3 is 16.0 Å². The van der Waals surface area contributed by atoms with Gasteiger partial charge in [-0.1, -0.05) is 41.6 Å². The van der Waals surface area contributed by atoms with Crippen LogP contribution in [-0.2, 0) is 0 Å². The van der Waals surface area contributed by atoms with E-state index in [1.54, 1.807) is 19.1 Å². The fraction of sp³-hybridized carbons (Fsp3) is 0.111. The summed E-state index contributed by atoms with van der Waals surface area (Å²) in [6, 6.07) is 7.17. The third-order valence-electron chi connectivity index (χ3n) is 3.51. The molecule has 0 spiro atoms. The summed E-state index contributed by atoms with van der Waals surface area (Å²) in [5, 5.41) is 9.86. The van der Waals surface area contributed by atoms with Crippen LogP contribution in [0.5, 0.6) is 0 Å². The SMILES string of the molecule is C=CNc1cc(Nc2ncc(C(=O)Nc3c(C)cccc3Cl)s2)nc(C)n1. The van der Waals surface area contributed by atoms with Crippen molar-refractivity contribution in [2.24, 2.45) is 0 Å². The number of halogens is 1. The van der Waals surface area contributed by atoms with E-state index in [0.717, 1.165) is 5.56 Å². The van der Waals surface area contributed by atoms with Crippen molar-refractivity contribution < 1.29 is 4.79 Å². The Labute approximate surface area is 165 Å². The summed E-state index contributed by atoms with van der Waals surface area (Å²) in [5.74, 6) is 1.50. The molecule has 2 aromatic heterocycles. The molecule has 138 valence electrons. The Morgan fingerprint density at radius 2 is 2.04 bits per heavy atom. The van der Waals surface area contributed by atoms with E-state index in [4.69, 9.17) is 11.6 Å². The third kappa shape index (κ3) is 4.60. The number of hydrogen-bond acceptors (Lipinski definition) is 7. The first-order chi connectivity index (χ1) is 13.0. The molecule has 9 heteroatoms. The van der Waals surface area contributed by atoms with Crippen LogP contribution in [0.25, 0.3) is 0 Å². The summed E-state index contributed by atoms with van der Waals surface area (Å²) in [6.45, 7) is 7.28. The van der Waals surface area contributed by atoms with Gasteiger partial charge in [0.25, 0.3) is 5.91 Å². The second-order valence-electron chi connectivity index (χ2n) is 5.57. The number of nitrogens with zero attached hydrogens (tertiary/aromatic N) is 3. The van der Waals surface area contributed by atoms with Crippen molar-refractivity contribution in [2.45, 2.75) is 13.8 Å². The monoisotopic (exact) mass is 400 g/mol. The molecule has 0 aliphatic heterocycles. The van der Waals surface area contributed by atoms with Crippen molar-refractivity contribution in [3.8, 4) is 0 Å². The molecule has 0 aliphatic carbocycles. The lowest BCUT2D eigenvalue weighted by atomic mass is 10.2. The third-order valence-corrected chi connectivity index (χ3v) is 4.74. The Balaban J connectivity index is 1.75. The van der Waals surface area contributed by atoms with Crippen LogP contribution >= 0.6 is 22.9 Å². The lowest BCUT2D eigenvalue weighted by Gasteiger charge is -2.08. The van der Waals surface area contributed by atoms with E-state index in [0.29, 0.717) is 38.2 Å². The number of benzene rings is 1. The van der Waals surface area contributed by atoms with Crippen molar-refractivity contribution in [3.63, 3.8) is 0 Å². The van der Waals surface area contributed by atoms with E-state index in [9.17, 15) is 4.79 Å². The second kappa shape index (κ2) is 8.15. The van der Waals surface area contributed by atoms with Crippen molar-refractivity contribution in [3.05, 3.63) is 64.5 Å². The highest BCUT2D eigenvalue weighted by atomic mass is 35.5. The first-order valence-electron chi connectivity index (χ1n) is 7.98. The van der Waals surface area contributed by atoms with Crippen LogP contribution in [-0.4, -0.2) is 20.9 Å². The first kappa shape index (κ1) is 18.8. The standard InChI is InChI=1S/C18H17ClN6OS/c1-4-20-14-8-15(23-11(3)22-14)24-18-21-9-13(27-18)17(26)25-16-10(2)6-5-7-12(16)19/h4-9H,1H2,2-3H3,(H,25,26)(H2,20,21,22,23,24). The minimum absolute atomic E-state index is 0.273.